The minimum absolute atomic E-state index is 0.0380. The van der Waals surface area contributed by atoms with E-state index in [9.17, 15) is 13.6 Å². The number of aryl methyl sites for hydroxylation is 2. The molecule has 2 aromatic heterocycles. The van der Waals surface area contributed by atoms with Crippen molar-refractivity contribution in [3.05, 3.63) is 129 Å². The van der Waals surface area contributed by atoms with Gasteiger partial charge in [-0.2, -0.15) is 13.8 Å². The van der Waals surface area contributed by atoms with Crippen LogP contribution in [0.5, 0.6) is 5.75 Å². The fourth-order valence-electron chi connectivity index (χ4n) is 4.87. The van der Waals surface area contributed by atoms with E-state index in [1.807, 2.05) is 36.4 Å². The van der Waals surface area contributed by atoms with Crippen LogP contribution in [-0.2, 0) is 19.3 Å². The molecule has 6 nitrogen and oxygen atoms in total. The van der Waals surface area contributed by atoms with Gasteiger partial charge in [-0.05, 0) is 49.1 Å². The number of hydrogen-bond donors (Lipinski definition) is 0. The van der Waals surface area contributed by atoms with Crippen molar-refractivity contribution in [2.75, 3.05) is 7.11 Å². The number of halogens is 2. The van der Waals surface area contributed by atoms with Gasteiger partial charge in [0.15, 0.2) is 11.6 Å². The molecule has 0 bridgehead atoms. The molecule has 0 spiro atoms. The zero-order chi connectivity index (χ0) is 27.4. The van der Waals surface area contributed by atoms with Gasteiger partial charge in [-0.3, -0.25) is 4.79 Å². The van der Waals surface area contributed by atoms with Crippen LogP contribution in [0, 0.1) is 18.6 Å². The third-order valence-electron chi connectivity index (χ3n) is 6.67. The van der Waals surface area contributed by atoms with E-state index in [2.05, 4.69) is 8.75 Å². The average Bonchev–Trinajstić information content (AvgIpc) is 3.47. The van der Waals surface area contributed by atoms with Crippen LogP contribution in [0.1, 0.15) is 34.1 Å². The molecule has 5 aromatic rings. The van der Waals surface area contributed by atoms with Gasteiger partial charge in [-0.25, -0.2) is 13.5 Å². The van der Waals surface area contributed by atoms with E-state index in [-0.39, 0.29) is 23.5 Å². The van der Waals surface area contributed by atoms with E-state index in [0.717, 1.165) is 22.9 Å². The van der Waals surface area contributed by atoms with Crippen molar-refractivity contribution >= 4 is 11.7 Å². The Morgan fingerprint density at radius 3 is 2.46 bits per heavy atom. The van der Waals surface area contributed by atoms with Crippen molar-refractivity contribution in [2.45, 2.75) is 32.2 Å². The van der Waals surface area contributed by atoms with E-state index in [4.69, 9.17) is 9.84 Å². The van der Waals surface area contributed by atoms with Crippen molar-refractivity contribution in [1.29, 1.82) is 0 Å². The minimum Gasteiger partial charge on any atom is -0.493 e. The van der Waals surface area contributed by atoms with Gasteiger partial charge < -0.3 is 4.74 Å². The van der Waals surface area contributed by atoms with E-state index in [1.165, 1.54) is 30.0 Å². The molecule has 0 aliphatic carbocycles. The number of aromatic nitrogens is 4. The van der Waals surface area contributed by atoms with Gasteiger partial charge in [0.05, 0.1) is 36.4 Å². The van der Waals surface area contributed by atoms with E-state index in [0.29, 0.717) is 40.9 Å². The molecule has 1 atom stereocenters. The Balaban J connectivity index is 1.69. The maximum atomic E-state index is 14.7. The standard InChI is InChI=1S/C30H26F2N4O2S/c1-19-28(23-12-7-13-25(32)29(23)38-2)24(15-14-21-10-6-11-22(31)16-21)30(37)36(34-19)27(26-18-33-39-35-26)17-20-8-4-3-5-9-20/h3-13,16,18,27H,14-15,17H2,1-2H3. The molecule has 2 heterocycles. The summed E-state index contributed by atoms with van der Waals surface area (Å²) in [5.41, 5.74) is 3.99. The number of rotatable bonds is 9. The summed E-state index contributed by atoms with van der Waals surface area (Å²) in [6, 6.07) is 20.2. The quantitative estimate of drug-likeness (QED) is 0.229. The summed E-state index contributed by atoms with van der Waals surface area (Å²) < 4.78 is 44.1. The van der Waals surface area contributed by atoms with Gasteiger partial charge in [-0.1, -0.05) is 54.6 Å². The fraction of sp³-hybridized carbons (Fsp3) is 0.200. The number of ether oxygens (including phenoxy) is 1. The Labute approximate surface area is 228 Å². The van der Waals surface area contributed by atoms with E-state index >= 15 is 0 Å². The highest BCUT2D eigenvalue weighted by Gasteiger charge is 2.26. The Morgan fingerprint density at radius 1 is 0.974 bits per heavy atom. The lowest BCUT2D eigenvalue weighted by atomic mass is 9.94. The first-order valence-electron chi connectivity index (χ1n) is 12.5. The predicted molar refractivity (Wildman–Crippen MR) is 147 cm³/mol. The second kappa shape index (κ2) is 11.7. The van der Waals surface area contributed by atoms with Gasteiger partial charge in [0.1, 0.15) is 11.9 Å². The molecule has 0 saturated heterocycles. The highest BCUT2D eigenvalue weighted by Crippen LogP contribution is 2.36. The first-order chi connectivity index (χ1) is 19.0. The van der Waals surface area contributed by atoms with Gasteiger partial charge in [-0.15, -0.1) is 0 Å². The summed E-state index contributed by atoms with van der Waals surface area (Å²) in [6.45, 7) is 1.79. The molecular weight excluding hydrogens is 518 g/mol. The maximum Gasteiger partial charge on any atom is 0.271 e. The summed E-state index contributed by atoms with van der Waals surface area (Å²) in [7, 11) is 1.39. The number of benzene rings is 3. The zero-order valence-electron chi connectivity index (χ0n) is 21.5. The van der Waals surface area contributed by atoms with Crippen LogP contribution in [0.15, 0.2) is 83.8 Å². The molecule has 198 valence electrons. The summed E-state index contributed by atoms with van der Waals surface area (Å²) in [4.78, 5) is 14.3. The van der Waals surface area contributed by atoms with Crippen molar-refractivity contribution in [3.63, 3.8) is 0 Å². The molecule has 0 N–H and O–H groups in total. The third-order valence-corrected chi connectivity index (χ3v) is 7.16. The number of methoxy groups -OCH3 is 1. The van der Waals surface area contributed by atoms with Crippen molar-refractivity contribution in [2.24, 2.45) is 0 Å². The Morgan fingerprint density at radius 2 is 1.74 bits per heavy atom. The zero-order valence-corrected chi connectivity index (χ0v) is 22.3. The van der Waals surface area contributed by atoms with Crippen LogP contribution in [0.4, 0.5) is 8.78 Å². The number of nitrogens with zero attached hydrogens (tertiary/aromatic N) is 4. The van der Waals surface area contributed by atoms with Crippen molar-refractivity contribution < 1.29 is 13.5 Å². The normalized spacial score (nSPS) is 11.9. The SMILES string of the molecule is COc1c(F)cccc1-c1c(C)nn(C(Cc2ccccc2)c2cnsn2)c(=O)c1CCc1cccc(F)c1. The van der Waals surface area contributed by atoms with E-state index in [1.54, 1.807) is 31.3 Å². The van der Waals surface area contributed by atoms with Crippen LogP contribution in [-0.4, -0.2) is 25.6 Å². The second-order valence-corrected chi connectivity index (χ2v) is 9.73. The molecule has 0 radical (unpaired) electrons. The highest BCUT2D eigenvalue weighted by molar-refractivity contribution is 6.99. The van der Waals surface area contributed by atoms with Gasteiger partial charge in [0.2, 0.25) is 0 Å². The molecule has 0 aliphatic rings. The lowest BCUT2D eigenvalue weighted by molar-refractivity contribution is 0.388. The summed E-state index contributed by atoms with van der Waals surface area (Å²) in [5.74, 6) is -0.844. The molecule has 39 heavy (non-hydrogen) atoms. The molecule has 0 amide bonds. The van der Waals surface area contributed by atoms with Crippen LogP contribution >= 0.6 is 11.7 Å². The maximum absolute atomic E-state index is 14.7. The minimum atomic E-state index is -0.537. The van der Waals surface area contributed by atoms with Gasteiger partial charge >= 0.3 is 0 Å². The molecule has 5 rings (SSSR count). The van der Waals surface area contributed by atoms with Gasteiger partial charge in [0, 0.05) is 23.1 Å². The molecule has 0 aliphatic heterocycles. The topological polar surface area (TPSA) is 69.9 Å². The van der Waals surface area contributed by atoms with Crippen LogP contribution in [0.25, 0.3) is 11.1 Å². The van der Waals surface area contributed by atoms with Crippen LogP contribution in [0.2, 0.25) is 0 Å². The Bertz CT molecular complexity index is 1640. The second-order valence-electron chi connectivity index (χ2n) is 9.18. The molecule has 3 aromatic carbocycles. The average molecular weight is 545 g/mol. The molecule has 0 saturated carbocycles. The highest BCUT2D eigenvalue weighted by atomic mass is 32.1. The fourth-order valence-corrected chi connectivity index (χ4v) is 5.33. The Hall–Kier alpha value is -4.24. The first-order valence-corrected chi connectivity index (χ1v) is 13.2. The first kappa shape index (κ1) is 26.4. The lowest BCUT2D eigenvalue weighted by Crippen LogP contribution is -2.33. The number of hydrogen-bond acceptors (Lipinski definition) is 6. The molecule has 9 heteroatoms. The summed E-state index contributed by atoms with van der Waals surface area (Å²) in [6.07, 6.45) is 2.82. The molecule has 0 fully saturated rings. The summed E-state index contributed by atoms with van der Waals surface area (Å²) >= 11 is 1.07. The van der Waals surface area contributed by atoms with Crippen molar-refractivity contribution in [1.82, 2.24) is 18.5 Å². The van der Waals surface area contributed by atoms with E-state index < -0.39 is 11.9 Å². The molecule has 1 unspecified atom stereocenters. The number of para-hydroxylation sites is 1. The largest absolute Gasteiger partial charge is 0.493 e. The lowest BCUT2D eigenvalue weighted by Gasteiger charge is -2.22. The third kappa shape index (κ3) is 5.63. The van der Waals surface area contributed by atoms with Gasteiger partial charge in [0.25, 0.3) is 5.56 Å². The Kier molecular flexibility index (Phi) is 7.88. The van der Waals surface area contributed by atoms with Crippen molar-refractivity contribution in [3.8, 4) is 16.9 Å². The predicted octanol–water partition coefficient (Wildman–Crippen LogP) is 5.97. The van der Waals surface area contributed by atoms with Crippen LogP contribution < -0.4 is 10.3 Å². The monoisotopic (exact) mass is 544 g/mol. The summed E-state index contributed by atoms with van der Waals surface area (Å²) in [5, 5.41) is 4.74. The molecular formula is C30H26F2N4O2S. The smallest absolute Gasteiger partial charge is 0.271 e. The van der Waals surface area contributed by atoms with Crippen LogP contribution in [0.3, 0.4) is 0 Å².